The van der Waals surface area contributed by atoms with Crippen LogP contribution in [0, 0.1) is 5.41 Å². The zero-order valence-electron chi connectivity index (χ0n) is 24.6. The highest BCUT2D eigenvalue weighted by Crippen LogP contribution is 2.30. The summed E-state index contributed by atoms with van der Waals surface area (Å²) in [4.78, 5) is 32.7. The van der Waals surface area contributed by atoms with Crippen molar-refractivity contribution in [3.63, 3.8) is 0 Å². The summed E-state index contributed by atoms with van der Waals surface area (Å²) in [6.07, 6.45) is 7.58. The number of nitrogens with two attached hydrogens (primary N) is 1. The molecule has 1 aliphatic rings. The molecule has 224 valence electrons. The van der Waals surface area contributed by atoms with E-state index >= 15 is 0 Å². The van der Waals surface area contributed by atoms with E-state index in [1.165, 1.54) is 0 Å². The number of benzene rings is 2. The molecule has 0 radical (unpaired) electrons. The zero-order chi connectivity index (χ0) is 30.1. The van der Waals surface area contributed by atoms with E-state index in [1.807, 2.05) is 71.8 Å². The van der Waals surface area contributed by atoms with Gasteiger partial charge in [-0.15, -0.1) is 11.3 Å². The van der Waals surface area contributed by atoms with Gasteiger partial charge in [-0.05, 0) is 50.3 Å². The Morgan fingerprint density at radius 3 is 2.67 bits per heavy atom. The average Bonchev–Trinajstić information content (AvgIpc) is 3.71. The maximum Gasteiger partial charge on any atom is 0.248 e. The Balaban J connectivity index is 1.47. The van der Waals surface area contributed by atoms with E-state index in [-0.39, 0.29) is 18.6 Å². The molecule has 1 aromatic heterocycles. The SMILES string of the molecule is CC(N)C(=O)NC(C(=O)N1CCCC1/C=C/[C@](C)(CO)Cc1cccc(-c2nccs2)c1)C(C)OCc1ccccc1. The highest BCUT2D eigenvalue weighted by Gasteiger charge is 2.37. The lowest BCUT2D eigenvalue weighted by molar-refractivity contribution is -0.141. The summed E-state index contributed by atoms with van der Waals surface area (Å²) in [5, 5.41) is 16.2. The molecule has 4 unspecified atom stereocenters. The van der Waals surface area contributed by atoms with Crippen LogP contribution in [-0.2, 0) is 27.4 Å². The summed E-state index contributed by atoms with van der Waals surface area (Å²) in [5.74, 6) is -0.596. The fraction of sp³-hybridized carbons (Fsp3) is 0.424. The quantitative estimate of drug-likeness (QED) is 0.255. The molecule has 42 heavy (non-hydrogen) atoms. The number of thiazole rings is 1. The molecule has 1 saturated heterocycles. The van der Waals surface area contributed by atoms with Crippen LogP contribution in [0.3, 0.4) is 0 Å². The molecule has 2 amide bonds. The lowest BCUT2D eigenvalue weighted by Crippen LogP contribution is -2.57. The molecule has 4 rings (SSSR count). The number of likely N-dealkylation sites (tertiary alicyclic amines) is 1. The number of amides is 2. The van der Waals surface area contributed by atoms with Gasteiger partial charge in [-0.3, -0.25) is 9.59 Å². The lowest BCUT2D eigenvalue weighted by atomic mass is 9.83. The molecular weight excluding hydrogens is 548 g/mol. The highest BCUT2D eigenvalue weighted by atomic mass is 32.1. The minimum absolute atomic E-state index is 0.0386. The first-order chi connectivity index (χ1) is 20.2. The van der Waals surface area contributed by atoms with Crippen molar-refractivity contribution in [1.29, 1.82) is 0 Å². The van der Waals surface area contributed by atoms with E-state index in [1.54, 1.807) is 31.4 Å². The van der Waals surface area contributed by atoms with Gasteiger partial charge in [0.2, 0.25) is 11.8 Å². The van der Waals surface area contributed by atoms with E-state index in [0.717, 1.165) is 34.5 Å². The predicted molar refractivity (Wildman–Crippen MR) is 167 cm³/mol. The number of nitrogens with zero attached hydrogens (tertiary/aromatic N) is 2. The fourth-order valence-corrected chi connectivity index (χ4v) is 5.80. The van der Waals surface area contributed by atoms with Crippen LogP contribution in [-0.4, -0.2) is 64.2 Å². The van der Waals surface area contributed by atoms with Crippen LogP contribution in [0.1, 0.15) is 44.7 Å². The number of hydrogen-bond donors (Lipinski definition) is 3. The van der Waals surface area contributed by atoms with Gasteiger partial charge in [0.05, 0.1) is 31.4 Å². The third kappa shape index (κ3) is 8.35. The second-order valence-corrected chi connectivity index (χ2v) is 12.3. The van der Waals surface area contributed by atoms with Gasteiger partial charge in [0, 0.05) is 29.1 Å². The molecule has 1 fully saturated rings. The van der Waals surface area contributed by atoms with E-state index < -0.39 is 29.5 Å². The zero-order valence-corrected chi connectivity index (χ0v) is 25.4. The molecule has 2 heterocycles. The van der Waals surface area contributed by atoms with Gasteiger partial charge in [-0.2, -0.15) is 0 Å². The number of ether oxygens (including phenoxy) is 1. The average molecular weight is 591 g/mol. The smallest absolute Gasteiger partial charge is 0.248 e. The summed E-state index contributed by atoms with van der Waals surface area (Å²) in [6, 6.07) is 16.2. The van der Waals surface area contributed by atoms with E-state index in [2.05, 4.69) is 22.4 Å². The van der Waals surface area contributed by atoms with Crippen molar-refractivity contribution in [2.45, 2.75) is 70.9 Å². The summed E-state index contributed by atoms with van der Waals surface area (Å²) in [6.45, 7) is 6.28. The number of aromatic nitrogens is 1. The molecule has 3 aromatic rings. The van der Waals surface area contributed by atoms with Gasteiger partial charge in [0.25, 0.3) is 0 Å². The largest absolute Gasteiger partial charge is 0.395 e. The molecule has 0 aliphatic carbocycles. The van der Waals surface area contributed by atoms with Crippen molar-refractivity contribution in [3.8, 4) is 10.6 Å². The van der Waals surface area contributed by atoms with Crippen LogP contribution >= 0.6 is 11.3 Å². The van der Waals surface area contributed by atoms with Crippen LogP contribution in [0.5, 0.6) is 0 Å². The van der Waals surface area contributed by atoms with Gasteiger partial charge in [-0.25, -0.2) is 4.98 Å². The van der Waals surface area contributed by atoms with Crippen molar-refractivity contribution in [2.75, 3.05) is 13.2 Å². The predicted octanol–water partition coefficient (Wildman–Crippen LogP) is 4.34. The first kappa shape index (κ1) is 31.6. The number of hydrogen-bond acceptors (Lipinski definition) is 7. The van der Waals surface area contributed by atoms with Gasteiger partial charge >= 0.3 is 0 Å². The Morgan fingerprint density at radius 2 is 1.98 bits per heavy atom. The molecule has 9 heteroatoms. The van der Waals surface area contributed by atoms with Gasteiger partial charge < -0.3 is 25.8 Å². The van der Waals surface area contributed by atoms with E-state index in [4.69, 9.17) is 10.5 Å². The number of aliphatic hydroxyl groups excluding tert-OH is 1. The molecule has 2 aromatic carbocycles. The van der Waals surface area contributed by atoms with Crippen molar-refractivity contribution >= 4 is 23.2 Å². The summed E-state index contributed by atoms with van der Waals surface area (Å²) in [5.41, 5.74) is 8.45. The molecule has 0 spiro atoms. The van der Waals surface area contributed by atoms with Gasteiger partial charge in [0.1, 0.15) is 11.0 Å². The Morgan fingerprint density at radius 1 is 1.21 bits per heavy atom. The molecule has 5 atom stereocenters. The molecular formula is C33H42N4O4S. The van der Waals surface area contributed by atoms with E-state index in [0.29, 0.717) is 19.6 Å². The lowest BCUT2D eigenvalue weighted by Gasteiger charge is -2.32. The summed E-state index contributed by atoms with van der Waals surface area (Å²) >= 11 is 1.60. The van der Waals surface area contributed by atoms with Crippen molar-refractivity contribution in [2.24, 2.45) is 11.1 Å². The van der Waals surface area contributed by atoms with Crippen molar-refractivity contribution in [3.05, 3.63) is 89.5 Å². The van der Waals surface area contributed by atoms with Gasteiger partial charge in [-0.1, -0.05) is 67.6 Å². The summed E-state index contributed by atoms with van der Waals surface area (Å²) < 4.78 is 6.06. The molecule has 0 saturated carbocycles. The standard InChI is InChI=1S/C33H42N4O4S/c1-23(34)30(39)36-29(24(2)41-21-25-9-5-4-6-10-25)32(40)37-17-8-13-28(37)14-15-33(3,22-38)20-26-11-7-12-27(19-26)31-35-16-18-42-31/h4-7,9-12,14-16,18-19,23-24,28-29,38H,8,13,17,20-22,34H2,1-3H3,(H,36,39)/b15-14+/t23?,24?,28?,29?,33-/m0/s1. The van der Waals surface area contributed by atoms with Crippen LogP contribution in [0.15, 0.2) is 78.3 Å². The molecule has 0 bridgehead atoms. The normalized spacial score (nSPS) is 18.9. The minimum atomic E-state index is -0.876. The first-order valence-electron chi connectivity index (χ1n) is 14.5. The maximum absolute atomic E-state index is 13.9. The van der Waals surface area contributed by atoms with Crippen LogP contribution < -0.4 is 11.1 Å². The Kier molecular flexibility index (Phi) is 11.0. The van der Waals surface area contributed by atoms with E-state index in [9.17, 15) is 14.7 Å². The molecule has 4 N–H and O–H groups in total. The minimum Gasteiger partial charge on any atom is -0.395 e. The number of carbonyl (C=O) groups excluding carboxylic acids is 2. The van der Waals surface area contributed by atoms with Crippen LogP contribution in [0.2, 0.25) is 0 Å². The first-order valence-corrected chi connectivity index (χ1v) is 15.4. The monoisotopic (exact) mass is 590 g/mol. The summed E-state index contributed by atoms with van der Waals surface area (Å²) in [7, 11) is 0. The topological polar surface area (TPSA) is 118 Å². The Labute approximate surface area is 252 Å². The number of nitrogens with one attached hydrogen (secondary N) is 1. The van der Waals surface area contributed by atoms with Crippen LogP contribution in [0.25, 0.3) is 10.6 Å². The number of aliphatic hydroxyl groups is 1. The Hall–Kier alpha value is -3.37. The van der Waals surface area contributed by atoms with Crippen molar-refractivity contribution < 1.29 is 19.4 Å². The Bertz CT molecular complexity index is 1330. The maximum atomic E-state index is 13.9. The molecule has 1 aliphatic heterocycles. The van der Waals surface area contributed by atoms with Crippen LogP contribution in [0.4, 0.5) is 0 Å². The number of carbonyl (C=O) groups is 2. The van der Waals surface area contributed by atoms with Crippen molar-refractivity contribution in [1.82, 2.24) is 15.2 Å². The third-order valence-electron chi connectivity index (χ3n) is 7.68. The second kappa shape index (κ2) is 14.7. The third-order valence-corrected chi connectivity index (χ3v) is 8.50. The molecule has 8 nitrogen and oxygen atoms in total. The highest BCUT2D eigenvalue weighted by molar-refractivity contribution is 7.13. The van der Waals surface area contributed by atoms with Gasteiger partial charge in [0.15, 0.2) is 0 Å². The second-order valence-electron chi connectivity index (χ2n) is 11.4. The number of rotatable bonds is 13. The fourth-order valence-electron chi connectivity index (χ4n) is 5.17.